The zero-order chi connectivity index (χ0) is 17.0. The quantitative estimate of drug-likeness (QED) is 0.854. The van der Waals surface area contributed by atoms with Crippen molar-refractivity contribution >= 4 is 5.91 Å². The van der Waals surface area contributed by atoms with Crippen LogP contribution in [0.5, 0.6) is 5.75 Å². The summed E-state index contributed by atoms with van der Waals surface area (Å²) in [5.74, 6) is 0.169. The van der Waals surface area contributed by atoms with E-state index in [2.05, 4.69) is 25.7 Å². The zero-order valence-electron chi connectivity index (χ0n) is 14.6. The lowest BCUT2D eigenvalue weighted by atomic mass is 9.91. The monoisotopic (exact) mass is 322 g/mol. The fourth-order valence-electron chi connectivity index (χ4n) is 2.79. The van der Waals surface area contributed by atoms with Gasteiger partial charge in [0.05, 0.1) is 7.11 Å². The first-order chi connectivity index (χ1) is 10.8. The van der Waals surface area contributed by atoms with E-state index in [0.717, 1.165) is 31.7 Å². The average Bonchev–Trinajstić information content (AvgIpc) is 2.46. The Balaban J connectivity index is 1.85. The summed E-state index contributed by atoms with van der Waals surface area (Å²) in [6.07, 6.45) is 0.580. The Kier molecular flexibility index (Phi) is 5.63. The van der Waals surface area contributed by atoms with Crippen molar-refractivity contribution in [2.75, 3.05) is 33.3 Å². The van der Waals surface area contributed by atoms with E-state index in [1.807, 2.05) is 11.0 Å². The Hall–Kier alpha value is -1.62. The van der Waals surface area contributed by atoms with Crippen LogP contribution in [0.4, 0.5) is 4.39 Å². The van der Waals surface area contributed by atoms with Crippen molar-refractivity contribution < 1.29 is 13.9 Å². The minimum atomic E-state index is -0.330. The summed E-state index contributed by atoms with van der Waals surface area (Å²) in [6, 6.07) is 5.07. The Morgan fingerprint density at radius 3 is 2.39 bits per heavy atom. The molecule has 5 heteroatoms. The molecule has 1 heterocycles. The van der Waals surface area contributed by atoms with Gasteiger partial charge in [0.25, 0.3) is 0 Å². The van der Waals surface area contributed by atoms with Gasteiger partial charge in [-0.15, -0.1) is 0 Å². The smallest absolute Gasteiger partial charge is 0.223 e. The molecule has 23 heavy (non-hydrogen) atoms. The molecule has 0 saturated carbocycles. The van der Waals surface area contributed by atoms with E-state index in [0.29, 0.717) is 13.0 Å². The van der Waals surface area contributed by atoms with Gasteiger partial charge in [-0.05, 0) is 23.1 Å². The molecule has 1 aliphatic rings. The van der Waals surface area contributed by atoms with Gasteiger partial charge in [-0.1, -0.05) is 26.8 Å². The van der Waals surface area contributed by atoms with E-state index < -0.39 is 0 Å². The molecule has 0 spiro atoms. The number of carbonyl (C=O) groups is 1. The molecule has 0 N–H and O–H groups in total. The lowest BCUT2D eigenvalue weighted by Gasteiger charge is -2.36. The van der Waals surface area contributed by atoms with Crippen LogP contribution in [-0.4, -0.2) is 49.0 Å². The minimum Gasteiger partial charge on any atom is -0.494 e. The molecular weight excluding hydrogens is 295 g/mol. The number of piperazine rings is 1. The van der Waals surface area contributed by atoms with Gasteiger partial charge in [0.15, 0.2) is 11.6 Å². The van der Waals surface area contributed by atoms with Gasteiger partial charge in [0, 0.05) is 39.1 Å². The molecule has 1 aromatic rings. The summed E-state index contributed by atoms with van der Waals surface area (Å²) in [4.78, 5) is 16.4. The number of hydrogen-bond donors (Lipinski definition) is 0. The molecule has 1 aromatic carbocycles. The predicted molar refractivity (Wildman–Crippen MR) is 88.9 cm³/mol. The van der Waals surface area contributed by atoms with E-state index in [1.165, 1.54) is 13.2 Å². The molecule has 0 unspecified atom stereocenters. The molecular formula is C18H27FN2O2. The fraction of sp³-hybridized carbons (Fsp3) is 0.611. The largest absolute Gasteiger partial charge is 0.494 e. The molecule has 1 fully saturated rings. The number of ether oxygens (including phenoxy) is 1. The van der Waals surface area contributed by atoms with Crippen LogP contribution >= 0.6 is 0 Å². The predicted octanol–water partition coefficient (Wildman–Crippen LogP) is 2.91. The van der Waals surface area contributed by atoms with Crippen molar-refractivity contribution in [2.45, 2.75) is 33.7 Å². The van der Waals surface area contributed by atoms with Crippen molar-refractivity contribution in [1.82, 2.24) is 9.80 Å². The standard InChI is InChI=1S/C18H27FN2O2/c1-18(2,3)12-17(22)21-9-7-20(8-10-21)13-14-5-6-16(23-4)15(19)11-14/h5-6,11H,7-10,12-13H2,1-4H3. The summed E-state index contributed by atoms with van der Waals surface area (Å²) >= 11 is 0. The summed E-state index contributed by atoms with van der Waals surface area (Å²) in [6.45, 7) is 10.1. The minimum absolute atomic E-state index is 0.0227. The topological polar surface area (TPSA) is 32.8 Å². The second-order valence-corrected chi connectivity index (χ2v) is 7.36. The van der Waals surface area contributed by atoms with E-state index in [4.69, 9.17) is 4.74 Å². The maximum atomic E-state index is 13.7. The third kappa shape index (κ3) is 5.20. The van der Waals surface area contributed by atoms with Crippen LogP contribution in [0, 0.1) is 11.2 Å². The first-order valence-electron chi connectivity index (χ1n) is 8.11. The fourth-order valence-corrected chi connectivity index (χ4v) is 2.79. The van der Waals surface area contributed by atoms with Crippen molar-refractivity contribution in [2.24, 2.45) is 5.41 Å². The average molecular weight is 322 g/mol. The van der Waals surface area contributed by atoms with Crippen LogP contribution < -0.4 is 4.74 Å². The maximum Gasteiger partial charge on any atom is 0.223 e. The van der Waals surface area contributed by atoms with Crippen molar-refractivity contribution in [1.29, 1.82) is 0 Å². The zero-order valence-corrected chi connectivity index (χ0v) is 14.6. The Morgan fingerprint density at radius 1 is 1.22 bits per heavy atom. The lowest BCUT2D eigenvalue weighted by molar-refractivity contribution is -0.134. The Morgan fingerprint density at radius 2 is 1.87 bits per heavy atom. The number of rotatable bonds is 4. The van der Waals surface area contributed by atoms with Gasteiger partial charge < -0.3 is 9.64 Å². The molecule has 2 rings (SSSR count). The second-order valence-electron chi connectivity index (χ2n) is 7.36. The van der Waals surface area contributed by atoms with E-state index >= 15 is 0 Å². The summed E-state index contributed by atoms with van der Waals surface area (Å²) in [5, 5.41) is 0. The Labute approximate surface area is 138 Å². The molecule has 1 aliphatic heterocycles. The van der Waals surface area contributed by atoms with Crippen molar-refractivity contribution in [3.63, 3.8) is 0 Å². The molecule has 0 aromatic heterocycles. The van der Waals surface area contributed by atoms with Crippen LogP contribution in [0.15, 0.2) is 18.2 Å². The maximum absolute atomic E-state index is 13.7. The second kappa shape index (κ2) is 7.30. The molecule has 1 saturated heterocycles. The summed E-state index contributed by atoms with van der Waals surface area (Å²) in [7, 11) is 1.46. The van der Waals surface area contributed by atoms with Crippen LogP contribution in [0.2, 0.25) is 0 Å². The Bertz CT molecular complexity index is 546. The van der Waals surface area contributed by atoms with Crippen molar-refractivity contribution in [3.8, 4) is 5.75 Å². The molecule has 0 bridgehead atoms. The van der Waals surface area contributed by atoms with Gasteiger partial charge in [-0.25, -0.2) is 4.39 Å². The van der Waals surface area contributed by atoms with Gasteiger partial charge >= 0.3 is 0 Å². The van der Waals surface area contributed by atoms with Crippen LogP contribution in [0.25, 0.3) is 0 Å². The van der Waals surface area contributed by atoms with E-state index in [-0.39, 0.29) is 22.9 Å². The number of carbonyl (C=O) groups excluding carboxylic acids is 1. The van der Waals surface area contributed by atoms with Crippen LogP contribution in [0.1, 0.15) is 32.8 Å². The number of benzene rings is 1. The molecule has 0 aliphatic carbocycles. The van der Waals surface area contributed by atoms with Gasteiger partial charge in [-0.3, -0.25) is 9.69 Å². The molecule has 128 valence electrons. The van der Waals surface area contributed by atoms with Gasteiger partial charge in [-0.2, -0.15) is 0 Å². The number of halogens is 1. The summed E-state index contributed by atoms with van der Waals surface area (Å²) < 4.78 is 18.7. The van der Waals surface area contributed by atoms with E-state index in [9.17, 15) is 9.18 Å². The number of hydrogen-bond acceptors (Lipinski definition) is 3. The molecule has 1 amide bonds. The first kappa shape index (κ1) is 17.7. The highest BCUT2D eigenvalue weighted by atomic mass is 19.1. The normalized spacial score (nSPS) is 16.5. The van der Waals surface area contributed by atoms with Gasteiger partial charge in [0.1, 0.15) is 0 Å². The lowest BCUT2D eigenvalue weighted by Crippen LogP contribution is -2.48. The third-order valence-electron chi connectivity index (χ3n) is 4.03. The number of amides is 1. The van der Waals surface area contributed by atoms with Crippen LogP contribution in [0.3, 0.4) is 0 Å². The SMILES string of the molecule is COc1ccc(CN2CCN(C(=O)CC(C)(C)C)CC2)cc1F. The highest BCUT2D eigenvalue weighted by Gasteiger charge is 2.24. The molecule has 0 radical (unpaired) electrons. The van der Waals surface area contributed by atoms with Crippen molar-refractivity contribution in [3.05, 3.63) is 29.6 Å². The highest BCUT2D eigenvalue weighted by molar-refractivity contribution is 5.76. The molecule has 4 nitrogen and oxygen atoms in total. The van der Waals surface area contributed by atoms with Gasteiger partial charge in [0.2, 0.25) is 5.91 Å². The van der Waals surface area contributed by atoms with Crippen LogP contribution in [-0.2, 0) is 11.3 Å². The van der Waals surface area contributed by atoms with E-state index in [1.54, 1.807) is 6.07 Å². The number of methoxy groups -OCH3 is 1. The first-order valence-corrected chi connectivity index (χ1v) is 8.11. The molecule has 0 atom stereocenters. The third-order valence-corrected chi connectivity index (χ3v) is 4.03. The highest BCUT2D eigenvalue weighted by Crippen LogP contribution is 2.21. The number of nitrogens with zero attached hydrogens (tertiary/aromatic N) is 2. The summed E-state index contributed by atoms with van der Waals surface area (Å²) in [5.41, 5.74) is 0.951.